The number of carboxylic acid groups (broad SMARTS) is 1. The Morgan fingerprint density at radius 1 is 1.50 bits per heavy atom. The van der Waals surface area contributed by atoms with E-state index in [1.54, 1.807) is 6.92 Å². The van der Waals surface area contributed by atoms with Gasteiger partial charge in [0.05, 0.1) is 0 Å². The van der Waals surface area contributed by atoms with Gasteiger partial charge in [-0.05, 0) is 6.92 Å². The van der Waals surface area contributed by atoms with E-state index in [4.69, 9.17) is 5.11 Å². The van der Waals surface area contributed by atoms with Gasteiger partial charge in [0.1, 0.15) is 6.10 Å². The summed E-state index contributed by atoms with van der Waals surface area (Å²) in [5.74, 6) is -1.87. The summed E-state index contributed by atoms with van der Waals surface area (Å²) in [5.41, 5.74) is 0. The molecule has 0 aromatic rings. The SMILES string of the molecule is C=CC(C)OC(=O)/C=C/C(=O)O. The largest absolute Gasteiger partial charge is 0.478 e. The van der Waals surface area contributed by atoms with Gasteiger partial charge in [0, 0.05) is 12.2 Å². The van der Waals surface area contributed by atoms with E-state index in [2.05, 4.69) is 11.3 Å². The highest BCUT2D eigenvalue weighted by atomic mass is 16.5. The molecule has 1 N–H and O–H groups in total. The Morgan fingerprint density at radius 3 is 2.50 bits per heavy atom. The molecular weight excluding hydrogens is 160 g/mol. The van der Waals surface area contributed by atoms with E-state index in [0.29, 0.717) is 0 Å². The number of carboxylic acids is 1. The van der Waals surface area contributed by atoms with Crippen LogP contribution in [0.5, 0.6) is 0 Å². The number of hydrogen-bond donors (Lipinski definition) is 1. The molecule has 0 aliphatic heterocycles. The molecule has 0 aliphatic rings. The van der Waals surface area contributed by atoms with Crippen LogP contribution in [0.1, 0.15) is 6.92 Å². The second-order valence-corrected chi connectivity index (χ2v) is 2.05. The molecule has 12 heavy (non-hydrogen) atoms. The Balaban J connectivity index is 3.89. The van der Waals surface area contributed by atoms with E-state index in [-0.39, 0.29) is 0 Å². The Morgan fingerprint density at radius 2 is 2.08 bits per heavy atom. The fraction of sp³-hybridized carbons (Fsp3) is 0.250. The van der Waals surface area contributed by atoms with Gasteiger partial charge < -0.3 is 9.84 Å². The molecule has 0 aromatic carbocycles. The summed E-state index contributed by atoms with van der Waals surface area (Å²) in [6, 6.07) is 0. The molecule has 0 amide bonds. The van der Waals surface area contributed by atoms with Gasteiger partial charge in [-0.15, -0.1) is 0 Å². The smallest absolute Gasteiger partial charge is 0.331 e. The average molecular weight is 170 g/mol. The van der Waals surface area contributed by atoms with Gasteiger partial charge in [-0.2, -0.15) is 0 Å². The Bertz CT molecular complexity index is 217. The minimum absolute atomic E-state index is 0.407. The van der Waals surface area contributed by atoms with Crippen LogP contribution >= 0.6 is 0 Å². The number of rotatable bonds is 4. The number of aliphatic carboxylic acids is 1. The molecule has 0 rings (SSSR count). The fourth-order valence-electron chi connectivity index (χ4n) is 0.410. The summed E-state index contributed by atoms with van der Waals surface area (Å²) in [5, 5.41) is 8.14. The molecule has 1 unspecified atom stereocenters. The molecule has 0 saturated carbocycles. The van der Waals surface area contributed by atoms with Crippen molar-refractivity contribution in [2.75, 3.05) is 0 Å². The normalized spacial score (nSPS) is 12.4. The van der Waals surface area contributed by atoms with E-state index in [1.807, 2.05) is 0 Å². The third-order valence-electron chi connectivity index (χ3n) is 0.996. The van der Waals surface area contributed by atoms with E-state index in [9.17, 15) is 9.59 Å². The maximum Gasteiger partial charge on any atom is 0.331 e. The first-order valence-electron chi connectivity index (χ1n) is 3.30. The summed E-state index contributed by atoms with van der Waals surface area (Å²) in [4.78, 5) is 20.6. The molecule has 0 aromatic heterocycles. The number of carbonyl (C=O) groups excluding carboxylic acids is 1. The Kier molecular flexibility index (Phi) is 4.45. The van der Waals surface area contributed by atoms with Crippen LogP contribution in [0.25, 0.3) is 0 Å². The quantitative estimate of drug-likeness (QED) is 0.384. The van der Waals surface area contributed by atoms with Crippen LogP contribution in [0.15, 0.2) is 24.8 Å². The third-order valence-corrected chi connectivity index (χ3v) is 0.996. The topological polar surface area (TPSA) is 63.6 Å². The van der Waals surface area contributed by atoms with Crippen molar-refractivity contribution in [2.45, 2.75) is 13.0 Å². The van der Waals surface area contributed by atoms with Crippen LogP contribution in [-0.4, -0.2) is 23.1 Å². The van der Waals surface area contributed by atoms with Crippen molar-refractivity contribution in [3.63, 3.8) is 0 Å². The summed E-state index contributed by atoms with van der Waals surface area (Å²) < 4.78 is 4.64. The second kappa shape index (κ2) is 5.12. The zero-order chi connectivity index (χ0) is 9.56. The highest BCUT2D eigenvalue weighted by Gasteiger charge is 2.01. The van der Waals surface area contributed by atoms with Crippen molar-refractivity contribution in [1.82, 2.24) is 0 Å². The van der Waals surface area contributed by atoms with Crippen molar-refractivity contribution >= 4 is 11.9 Å². The first kappa shape index (κ1) is 10.4. The highest BCUT2D eigenvalue weighted by molar-refractivity contribution is 5.90. The molecule has 0 radical (unpaired) electrons. The minimum Gasteiger partial charge on any atom is -0.478 e. The lowest BCUT2D eigenvalue weighted by molar-refractivity contribution is -0.140. The molecule has 0 spiro atoms. The number of esters is 1. The molecule has 0 heterocycles. The maximum atomic E-state index is 10.7. The van der Waals surface area contributed by atoms with Crippen LogP contribution < -0.4 is 0 Å². The molecule has 0 bridgehead atoms. The third kappa shape index (κ3) is 5.22. The van der Waals surface area contributed by atoms with Gasteiger partial charge in [-0.3, -0.25) is 0 Å². The van der Waals surface area contributed by atoms with Gasteiger partial charge in [0.25, 0.3) is 0 Å². The fourth-order valence-corrected chi connectivity index (χ4v) is 0.410. The van der Waals surface area contributed by atoms with Gasteiger partial charge >= 0.3 is 11.9 Å². The zero-order valence-electron chi connectivity index (χ0n) is 6.69. The lowest BCUT2D eigenvalue weighted by atomic mass is 10.4. The van der Waals surface area contributed by atoms with Gasteiger partial charge in [-0.1, -0.05) is 12.7 Å². The molecule has 66 valence electrons. The van der Waals surface area contributed by atoms with E-state index >= 15 is 0 Å². The van der Waals surface area contributed by atoms with Crippen molar-refractivity contribution in [3.05, 3.63) is 24.8 Å². The van der Waals surface area contributed by atoms with Gasteiger partial charge in [0.2, 0.25) is 0 Å². The van der Waals surface area contributed by atoms with Crippen molar-refractivity contribution in [2.24, 2.45) is 0 Å². The second-order valence-electron chi connectivity index (χ2n) is 2.05. The standard InChI is InChI=1S/C8H10O4/c1-3-6(2)12-8(11)5-4-7(9)10/h3-6H,1H2,2H3,(H,9,10)/b5-4+. The summed E-state index contributed by atoms with van der Waals surface area (Å²) in [6.45, 7) is 5.02. The molecule has 0 fully saturated rings. The highest BCUT2D eigenvalue weighted by Crippen LogP contribution is 1.92. The van der Waals surface area contributed by atoms with Crippen LogP contribution in [0.2, 0.25) is 0 Å². The summed E-state index contributed by atoms with van der Waals surface area (Å²) in [7, 11) is 0. The van der Waals surface area contributed by atoms with E-state index < -0.39 is 18.0 Å². The minimum atomic E-state index is -1.18. The predicted octanol–water partition coefficient (Wildman–Crippen LogP) is 0.745. The first-order valence-corrected chi connectivity index (χ1v) is 3.30. The van der Waals surface area contributed by atoms with E-state index in [0.717, 1.165) is 12.2 Å². The van der Waals surface area contributed by atoms with Crippen LogP contribution in [-0.2, 0) is 14.3 Å². The maximum absolute atomic E-state index is 10.7. The summed E-state index contributed by atoms with van der Waals surface area (Å²) >= 11 is 0. The van der Waals surface area contributed by atoms with Crippen LogP contribution in [0.3, 0.4) is 0 Å². The molecular formula is C8H10O4. The zero-order valence-corrected chi connectivity index (χ0v) is 6.69. The molecule has 0 saturated heterocycles. The van der Waals surface area contributed by atoms with Gasteiger partial charge in [0.15, 0.2) is 0 Å². The van der Waals surface area contributed by atoms with Gasteiger partial charge in [-0.25, -0.2) is 9.59 Å². The van der Waals surface area contributed by atoms with Crippen LogP contribution in [0, 0.1) is 0 Å². The number of hydrogen-bond acceptors (Lipinski definition) is 3. The Labute approximate surface area is 70.1 Å². The molecule has 0 aliphatic carbocycles. The monoisotopic (exact) mass is 170 g/mol. The molecule has 4 heteroatoms. The Hall–Kier alpha value is -1.58. The van der Waals surface area contributed by atoms with E-state index in [1.165, 1.54) is 6.08 Å². The lowest BCUT2D eigenvalue weighted by Crippen LogP contribution is -2.10. The lowest BCUT2D eigenvalue weighted by Gasteiger charge is -2.04. The number of carbonyl (C=O) groups is 2. The van der Waals surface area contributed by atoms with Crippen molar-refractivity contribution < 1.29 is 19.4 Å². The predicted molar refractivity (Wildman–Crippen MR) is 42.5 cm³/mol. The molecule has 1 atom stereocenters. The van der Waals surface area contributed by atoms with Crippen molar-refractivity contribution in [3.8, 4) is 0 Å². The molecule has 4 nitrogen and oxygen atoms in total. The van der Waals surface area contributed by atoms with Crippen molar-refractivity contribution in [1.29, 1.82) is 0 Å². The summed E-state index contributed by atoms with van der Waals surface area (Å²) in [6.07, 6.45) is 2.60. The average Bonchev–Trinajstić information content (AvgIpc) is 2.00. The first-order chi connectivity index (χ1) is 5.56. The number of ether oxygens (including phenoxy) is 1. The van der Waals surface area contributed by atoms with Crippen LogP contribution in [0.4, 0.5) is 0 Å².